The highest BCUT2D eigenvalue weighted by Gasteiger charge is 2.17. The zero-order valence-corrected chi connectivity index (χ0v) is 16.1. The second kappa shape index (κ2) is 8.61. The summed E-state index contributed by atoms with van der Waals surface area (Å²) >= 11 is 0. The Labute approximate surface area is 164 Å². The first-order valence-corrected chi connectivity index (χ1v) is 9.11. The van der Waals surface area contributed by atoms with Crippen LogP contribution in [0.5, 0.6) is 11.5 Å². The fourth-order valence-electron chi connectivity index (χ4n) is 2.64. The minimum atomic E-state index is -0.918. The van der Waals surface area contributed by atoms with Crippen LogP contribution in [-0.4, -0.2) is 24.8 Å². The molecule has 1 aliphatic heterocycles. The molecule has 1 amide bonds. The van der Waals surface area contributed by atoms with Gasteiger partial charge in [0.15, 0.2) is 17.6 Å². The minimum Gasteiger partial charge on any atom is -0.454 e. The molecule has 0 bridgehead atoms. The molecule has 6 heteroatoms. The van der Waals surface area contributed by atoms with Crippen molar-refractivity contribution in [2.24, 2.45) is 0 Å². The maximum Gasteiger partial charge on any atom is 0.331 e. The second-order valence-corrected chi connectivity index (χ2v) is 6.79. The number of anilines is 1. The molecule has 0 aliphatic carbocycles. The number of nitrogens with one attached hydrogen (secondary N) is 1. The van der Waals surface area contributed by atoms with Crippen molar-refractivity contribution in [2.75, 3.05) is 12.1 Å². The maximum absolute atomic E-state index is 12.2. The first kappa shape index (κ1) is 19.5. The quantitative estimate of drug-likeness (QED) is 0.602. The van der Waals surface area contributed by atoms with Crippen molar-refractivity contribution in [2.45, 2.75) is 32.8 Å². The number of rotatable bonds is 6. The van der Waals surface area contributed by atoms with Gasteiger partial charge in [0.2, 0.25) is 6.79 Å². The summed E-state index contributed by atoms with van der Waals surface area (Å²) in [4.78, 5) is 24.2. The van der Waals surface area contributed by atoms with E-state index in [-0.39, 0.29) is 12.7 Å². The number of hydrogen-bond donors (Lipinski definition) is 1. The molecular weight excluding hydrogens is 358 g/mol. The van der Waals surface area contributed by atoms with Crippen molar-refractivity contribution in [1.82, 2.24) is 0 Å². The number of hydrogen-bond acceptors (Lipinski definition) is 5. The number of carbonyl (C=O) groups is 2. The van der Waals surface area contributed by atoms with Crippen molar-refractivity contribution in [3.63, 3.8) is 0 Å². The lowest BCUT2D eigenvalue weighted by molar-refractivity contribution is -0.148. The summed E-state index contributed by atoms with van der Waals surface area (Å²) in [6.45, 7) is 5.93. The Kier molecular flexibility index (Phi) is 5.99. The summed E-state index contributed by atoms with van der Waals surface area (Å²) < 4.78 is 15.7. The predicted octanol–water partition coefficient (Wildman–Crippen LogP) is 4.12. The lowest BCUT2D eigenvalue weighted by Gasteiger charge is -2.13. The van der Waals surface area contributed by atoms with Crippen LogP contribution in [0.15, 0.2) is 48.5 Å². The fraction of sp³-hybridized carbons (Fsp3) is 0.273. The molecule has 28 heavy (non-hydrogen) atoms. The standard InChI is InChI=1S/C22H23NO5/c1-14(2)17-6-8-18(9-7-17)23-22(25)15(3)28-21(24)11-5-16-4-10-19-20(12-16)27-13-26-19/h4-12,14-15H,13H2,1-3H3,(H,23,25)/b11-5+. The Morgan fingerprint density at radius 3 is 2.46 bits per heavy atom. The van der Waals surface area contributed by atoms with E-state index in [0.29, 0.717) is 23.1 Å². The van der Waals surface area contributed by atoms with Crippen molar-refractivity contribution in [3.05, 3.63) is 59.7 Å². The predicted molar refractivity (Wildman–Crippen MR) is 106 cm³/mol. The number of fused-ring (bicyclic) bond motifs is 1. The first-order valence-electron chi connectivity index (χ1n) is 9.11. The van der Waals surface area contributed by atoms with Crippen molar-refractivity contribution in [1.29, 1.82) is 0 Å². The van der Waals surface area contributed by atoms with Crippen LogP contribution in [0, 0.1) is 0 Å². The molecule has 1 atom stereocenters. The van der Waals surface area contributed by atoms with E-state index in [4.69, 9.17) is 14.2 Å². The van der Waals surface area contributed by atoms with Crippen molar-refractivity contribution < 1.29 is 23.8 Å². The minimum absolute atomic E-state index is 0.192. The molecule has 1 aliphatic rings. The highest BCUT2D eigenvalue weighted by Crippen LogP contribution is 2.32. The van der Waals surface area contributed by atoms with Crippen LogP contribution in [-0.2, 0) is 14.3 Å². The number of carbonyl (C=O) groups excluding carboxylic acids is 2. The van der Waals surface area contributed by atoms with Gasteiger partial charge in [-0.05, 0) is 54.3 Å². The van der Waals surface area contributed by atoms with E-state index < -0.39 is 12.1 Å². The van der Waals surface area contributed by atoms with E-state index in [9.17, 15) is 9.59 Å². The smallest absolute Gasteiger partial charge is 0.331 e. The van der Waals surface area contributed by atoms with E-state index >= 15 is 0 Å². The van der Waals surface area contributed by atoms with Crippen LogP contribution >= 0.6 is 0 Å². The van der Waals surface area contributed by atoms with Gasteiger partial charge in [-0.25, -0.2) is 4.79 Å². The molecule has 146 valence electrons. The average molecular weight is 381 g/mol. The Hall–Kier alpha value is -3.28. The van der Waals surface area contributed by atoms with E-state index in [1.54, 1.807) is 24.3 Å². The average Bonchev–Trinajstić information content (AvgIpc) is 3.14. The van der Waals surface area contributed by atoms with Gasteiger partial charge in [-0.2, -0.15) is 0 Å². The third-order valence-electron chi connectivity index (χ3n) is 4.32. The Morgan fingerprint density at radius 2 is 1.75 bits per heavy atom. The Balaban J connectivity index is 1.52. The number of esters is 1. The van der Waals surface area contributed by atoms with Crippen LogP contribution in [0.4, 0.5) is 5.69 Å². The Morgan fingerprint density at radius 1 is 1.04 bits per heavy atom. The normalized spacial score (nSPS) is 13.6. The van der Waals surface area contributed by atoms with Gasteiger partial charge in [0, 0.05) is 11.8 Å². The van der Waals surface area contributed by atoms with E-state index in [1.165, 1.54) is 18.6 Å². The van der Waals surface area contributed by atoms with Crippen molar-refractivity contribution in [3.8, 4) is 11.5 Å². The van der Waals surface area contributed by atoms with Gasteiger partial charge in [0.1, 0.15) is 0 Å². The second-order valence-electron chi connectivity index (χ2n) is 6.79. The molecule has 0 radical (unpaired) electrons. The largest absolute Gasteiger partial charge is 0.454 e. The van der Waals surface area contributed by atoms with Crippen LogP contribution in [0.1, 0.15) is 37.8 Å². The summed E-state index contributed by atoms with van der Waals surface area (Å²) in [7, 11) is 0. The molecular formula is C22H23NO5. The van der Waals surface area contributed by atoms with Crippen LogP contribution in [0.25, 0.3) is 6.08 Å². The molecule has 6 nitrogen and oxygen atoms in total. The third kappa shape index (κ3) is 4.91. The van der Waals surface area contributed by atoms with Gasteiger partial charge in [-0.3, -0.25) is 4.79 Å². The SMILES string of the molecule is CC(OC(=O)/C=C/c1ccc2c(c1)OCO2)C(=O)Nc1ccc(C(C)C)cc1. The zero-order chi connectivity index (χ0) is 20.1. The van der Waals surface area contributed by atoms with Gasteiger partial charge in [0.05, 0.1) is 0 Å². The number of ether oxygens (including phenoxy) is 3. The molecule has 0 saturated carbocycles. The van der Waals surface area contributed by atoms with Gasteiger partial charge in [0.25, 0.3) is 5.91 Å². The molecule has 0 saturated heterocycles. The molecule has 1 heterocycles. The third-order valence-corrected chi connectivity index (χ3v) is 4.32. The number of benzene rings is 2. The maximum atomic E-state index is 12.2. The summed E-state index contributed by atoms with van der Waals surface area (Å²) in [5.41, 5.74) is 2.61. The molecule has 2 aromatic rings. The molecule has 1 N–H and O–H groups in total. The highest BCUT2D eigenvalue weighted by atomic mass is 16.7. The fourth-order valence-corrected chi connectivity index (χ4v) is 2.64. The topological polar surface area (TPSA) is 73.9 Å². The molecule has 1 unspecified atom stereocenters. The van der Waals surface area contributed by atoms with Gasteiger partial charge >= 0.3 is 5.97 Å². The van der Waals surface area contributed by atoms with Crippen molar-refractivity contribution >= 4 is 23.6 Å². The first-order chi connectivity index (χ1) is 13.4. The van der Waals surface area contributed by atoms with Crippen LogP contribution < -0.4 is 14.8 Å². The van der Waals surface area contributed by atoms with Crippen LogP contribution in [0.2, 0.25) is 0 Å². The van der Waals surface area contributed by atoms with Crippen LogP contribution in [0.3, 0.4) is 0 Å². The summed E-state index contributed by atoms with van der Waals surface area (Å²) in [6.07, 6.45) is 1.96. The lowest BCUT2D eigenvalue weighted by Crippen LogP contribution is -2.29. The van der Waals surface area contributed by atoms with E-state index in [2.05, 4.69) is 19.2 Å². The molecule has 0 fully saturated rings. The molecule has 0 aromatic heterocycles. The zero-order valence-electron chi connectivity index (χ0n) is 16.1. The van der Waals surface area contributed by atoms with Gasteiger partial charge in [-0.15, -0.1) is 0 Å². The number of amides is 1. The van der Waals surface area contributed by atoms with Gasteiger partial charge in [-0.1, -0.05) is 32.0 Å². The highest BCUT2D eigenvalue weighted by molar-refractivity contribution is 5.96. The summed E-state index contributed by atoms with van der Waals surface area (Å²) in [5, 5.41) is 2.74. The monoisotopic (exact) mass is 381 g/mol. The summed E-state index contributed by atoms with van der Waals surface area (Å²) in [5.74, 6) is 0.733. The molecule has 3 rings (SSSR count). The lowest BCUT2D eigenvalue weighted by atomic mass is 10.0. The van der Waals surface area contributed by atoms with E-state index in [1.807, 2.05) is 24.3 Å². The van der Waals surface area contributed by atoms with E-state index in [0.717, 1.165) is 5.56 Å². The van der Waals surface area contributed by atoms with Gasteiger partial charge < -0.3 is 19.5 Å². The molecule has 0 spiro atoms. The summed E-state index contributed by atoms with van der Waals surface area (Å²) in [6, 6.07) is 12.9. The Bertz CT molecular complexity index is 886. The molecule has 2 aromatic carbocycles.